The van der Waals surface area contributed by atoms with Crippen molar-refractivity contribution in [2.75, 3.05) is 19.1 Å². The molecular weight excluding hydrogens is 190 g/mol. The van der Waals surface area contributed by atoms with Crippen LogP contribution < -0.4 is 21.3 Å². The van der Waals surface area contributed by atoms with Gasteiger partial charge in [0.05, 0.1) is 13.8 Å². The van der Waals surface area contributed by atoms with Gasteiger partial charge in [0.2, 0.25) is 0 Å². The highest BCUT2D eigenvalue weighted by atomic mass is 16.5. The molecule has 1 aromatic carbocycles. The third-order valence-corrected chi connectivity index (χ3v) is 2.64. The zero-order chi connectivity index (χ0) is 11.4. The zero-order valence-electron chi connectivity index (χ0n) is 9.77. The molecule has 0 aliphatic carbocycles. The number of rotatable bonds is 4. The summed E-state index contributed by atoms with van der Waals surface area (Å²) in [6, 6.07) is 2.03. The van der Waals surface area contributed by atoms with Gasteiger partial charge in [-0.25, -0.2) is 5.43 Å². The number of hydrazine groups is 1. The summed E-state index contributed by atoms with van der Waals surface area (Å²) >= 11 is 0. The minimum absolute atomic E-state index is 0.549. The maximum absolute atomic E-state index is 5.30. The Morgan fingerprint density at radius 3 is 2.47 bits per heavy atom. The summed E-state index contributed by atoms with van der Waals surface area (Å²) in [6.45, 7) is 6.72. The first kappa shape index (κ1) is 11.8. The highest BCUT2D eigenvalue weighted by Crippen LogP contribution is 2.30. The number of hydrogen-bond donors (Lipinski definition) is 3. The molecule has 0 heterocycles. The third-order valence-electron chi connectivity index (χ3n) is 2.64. The molecule has 0 aliphatic rings. The average molecular weight is 209 g/mol. The van der Waals surface area contributed by atoms with E-state index in [1.807, 2.05) is 13.0 Å². The first-order chi connectivity index (χ1) is 7.11. The van der Waals surface area contributed by atoms with Gasteiger partial charge in [-0.1, -0.05) is 0 Å². The molecule has 0 spiro atoms. The van der Waals surface area contributed by atoms with Gasteiger partial charge in [-0.2, -0.15) is 0 Å². The largest absolute Gasteiger partial charge is 0.496 e. The highest BCUT2D eigenvalue weighted by Gasteiger charge is 2.09. The van der Waals surface area contributed by atoms with Crippen molar-refractivity contribution in [2.24, 2.45) is 5.84 Å². The van der Waals surface area contributed by atoms with Gasteiger partial charge in [0.1, 0.15) is 5.75 Å². The summed E-state index contributed by atoms with van der Waals surface area (Å²) in [5.41, 5.74) is 7.20. The summed E-state index contributed by atoms with van der Waals surface area (Å²) in [5.74, 6) is 6.16. The lowest BCUT2D eigenvalue weighted by Gasteiger charge is -2.17. The predicted molar refractivity (Wildman–Crippen MR) is 63.0 cm³/mol. The van der Waals surface area contributed by atoms with Crippen molar-refractivity contribution in [3.63, 3.8) is 0 Å². The second-order valence-electron chi connectivity index (χ2n) is 3.58. The number of hydrogen-bond acceptors (Lipinski definition) is 4. The lowest BCUT2D eigenvalue weighted by molar-refractivity contribution is 0.411. The van der Waals surface area contributed by atoms with E-state index in [4.69, 9.17) is 10.6 Å². The van der Waals surface area contributed by atoms with Gasteiger partial charge in [-0.15, -0.1) is 0 Å². The van der Waals surface area contributed by atoms with Crippen LogP contribution in [-0.2, 0) is 0 Å². The van der Waals surface area contributed by atoms with Crippen molar-refractivity contribution >= 4 is 5.69 Å². The fraction of sp³-hybridized carbons (Fsp3) is 0.455. The first-order valence-electron chi connectivity index (χ1n) is 4.94. The summed E-state index contributed by atoms with van der Waals surface area (Å²) in [6.07, 6.45) is 0. The number of ether oxygens (including phenoxy) is 1. The van der Waals surface area contributed by atoms with Crippen LogP contribution in [0.1, 0.15) is 16.7 Å². The van der Waals surface area contributed by atoms with Crippen molar-refractivity contribution in [1.29, 1.82) is 0 Å². The molecule has 0 aromatic heterocycles. The van der Waals surface area contributed by atoms with Gasteiger partial charge >= 0.3 is 0 Å². The maximum atomic E-state index is 5.30. The van der Waals surface area contributed by atoms with Gasteiger partial charge in [0.25, 0.3) is 0 Å². The van der Waals surface area contributed by atoms with Crippen LogP contribution in [0.15, 0.2) is 6.07 Å². The Hall–Kier alpha value is -1.26. The number of nitrogens with one attached hydrogen (secondary N) is 2. The standard InChI is InChI=1S/C11H19N3O/c1-7-5-10(15-4)8(2)9(3)11(7)13-6-14-12/h5,13-14H,6,12H2,1-4H3. The average Bonchev–Trinajstić information content (AvgIpc) is 2.23. The van der Waals surface area contributed by atoms with Crippen molar-refractivity contribution in [3.8, 4) is 5.75 Å². The first-order valence-corrected chi connectivity index (χ1v) is 4.94. The topological polar surface area (TPSA) is 59.3 Å². The Balaban J connectivity index is 3.11. The fourth-order valence-corrected chi connectivity index (χ4v) is 1.67. The van der Waals surface area contributed by atoms with E-state index in [1.165, 1.54) is 5.56 Å². The molecule has 0 amide bonds. The minimum Gasteiger partial charge on any atom is -0.496 e. The number of nitrogens with two attached hydrogens (primary N) is 1. The predicted octanol–water partition coefficient (Wildman–Crippen LogP) is 1.45. The van der Waals surface area contributed by atoms with Gasteiger partial charge in [-0.3, -0.25) is 5.84 Å². The molecular formula is C11H19N3O. The molecule has 1 rings (SSSR count). The Labute approximate surface area is 90.8 Å². The third kappa shape index (κ3) is 2.40. The SMILES string of the molecule is COc1cc(C)c(NCNN)c(C)c1C. The van der Waals surface area contributed by atoms with Crippen LogP contribution in [-0.4, -0.2) is 13.8 Å². The molecule has 0 fully saturated rings. The molecule has 0 atom stereocenters. The summed E-state index contributed by atoms with van der Waals surface area (Å²) in [7, 11) is 1.69. The monoisotopic (exact) mass is 209 g/mol. The summed E-state index contributed by atoms with van der Waals surface area (Å²) in [5, 5.41) is 3.23. The number of anilines is 1. The summed E-state index contributed by atoms with van der Waals surface area (Å²) in [4.78, 5) is 0. The smallest absolute Gasteiger partial charge is 0.122 e. The summed E-state index contributed by atoms with van der Waals surface area (Å²) < 4.78 is 5.30. The normalized spacial score (nSPS) is 10.2. The molecule has 0 unspecified atom stereocenters. The van der Waals surface area contributed by atoms with Crippen LogP contribution in [0.3, 0.4) is 0 Å². The van der Waals surface area contributed by atoms with Gasteiger partial charge in [0, 0.05) is 5.69 Å². The Kier molecular flexibility index (Phi) is 3.94. The van der Waals surface area contributed by atoms with Gasteiger partial charge < -0.3 is 10.1 Å². The second kappa shape index (κ2) is 5.00. The van der Waals surface area contributed by atoms with Crippen LogP contribution in [0.25, 0.3) is 0 Å². The van der Waals surface area contributed by atoms with Crippen LogP contribution >= 0.6 is 0 Å². The van der Waals surface area contributed by atoms with Gasteiger partial charge in [0.15, 0.2) is 0 Å². The Morgan fingerprint density at radius 2 is 1.93 bits per heavy atom. The van der Waals surface area contributed by atoms with Crippen molar-refractivity contribution in [3.05, 3.63) is 22.8 Å². The Morgan fingerprint density at radius 1 is 1.27 bits per heavy atom. The van der Waals surface area contributed by atoms with Crippen molar-refractivity contribution in [2.45, 2.75) is 20.8 Å². The number of aryl methyl sites for hydroxylation is 1. The van der Waals surface area contributed by atoms with E-state index >= 15 is 0 Å². The van der Waals surface area contributed by atoms with Crippen LogP contribution in [0.2, 0.25) is 0 Å². The van der Waals surface area contributed by atoms with Crippen molar-refractivity contribution in [1.82, 2.24) is 5.43 Å². The lowest BCUT2D eigenvalue weighted by Crippen LogP contribution is -2.28. The highest BCUT2D eigenvalue weighted by molar-refractivity contribution is 5.63. The molecule has 4 heteroatoms. The molecule has 0 bridgehead atoms. The van der Waals surface area contributed by atoms with E-state index in [2.05, 4.69) is 24.6 Å². The number of benzene rings is 1. The van der Waals surface area contributed by atoms with E-state index in [0.717, 1.165) is 22.6 Å². The molecule has 1 aromatic rings. The van der Waals surface area contributed by atoms with E-state index in [-0.39, 0.29) is 0 Å². The fourth-order valence-electron chi connectivity index (χ4n) is 1.67. The Bertz CT molecular complexity index is 350. The van der Waals surface area contributed by atoms with Crippen LogP contribution in [0.5, 0.6) is 5.75 Å². The number of methoxy groups -OCH3 is 1. The zero-order valence-corrected chi connectivity index (χ0v) is 9.77. The van der Waals surface area contributed by atoms with Crippen LogP contribution in [0, 0.1) is 20.8 Å². The van der Waals surface area contributed by atoms with E-state index in [1.54, 1.807) is 7.11 Å². The maximum Gasteiger partial charge on any atom is 0.122 e. The lowest BCUT2D eigenvalue weighted by atomic mass is 10.0. The van der Waals surface area contributed by atoms with Crippen LogP contribution in [0.4, 0.5) is 5.69 Å². The molecule has 0 aliphatic heterocycles. The molecule has 0 radical (unpaired) electrons. The molecule has 15 heavy (non-hydrogen) atoms. The second-order valence-corrected chi connectivity index (χ2v) is 3.58. The molecule has 0 saturated carbocycles. The molecule has 4 nitrogen and oxygen atoms in total. The molecule has 84 valence electrons. The van der Waals surface area contributed by atoms with E-state index < -0.39 is 0 Å². The van der Waals surface area contributed by atoms with E-state index in [9.17, 15) is 0 Å². The quantitative estimate of drug-likeness (QED) is 0.399. The minimum atomic E-state index is 0.549. The van der Waals surface area contributed by atoms with Crippen molar-refractivity contribution < 1.29 is 4.74 Å². The van der Waals surface area contributed by atoms with Gasteiger partial charge in [-0.05, 0) is 43.5 Å². The molecule has 4 N–H and O–H groups in total. The molecule has 0 saturated heterocycles. The van der Waals surface area contributed by atoms with E-state index in [0.29, 0.717) is 6.67 Å².